The van der Waals surface area contributed by atoms with Crippen molar-refractivity contribution in [2.45, 2.75) is 38.6 Å². The van der Waals surface area contributed by atoms with E-state index in [1.54, 1.807) is 30.7 Å². The molecular weight excluding hydrogens is 390 g/mol. The first-order valence-corrected chi connectivity index (χ1v) is 11.0. The number of benzene rings is 2. The van der Waals surface area contributed by atoms with Gasteiger partial charge < -0.3 is 5.32 Å². The van der Waals surface area contributed by atoms with E-state index in [2.05, 4.69) is 15.6 Å². The number of anilines is 1. The van der Waals surface area contributed by atoms with Crippen molar-refractivity contribution in [2.24, 2.45) is 0 Å². The van der Waals surface area contributed by atoms with Gasteiger partial charge in [0.25, 0.3) is 0 Å². The number of nitrogens with zero attached hydrogens (tertiary/aromatic N) is 4. The van der Waals surface area contributed by atoms with E-state index < -0.39 is 10.0 Å². The van der Waals surface area contributed by atoms with Crippen LogP contribution in [0.25, 0.3) is 11.0 Å². The molecule has 3 aromatic rings. The lowest BCUT2D eigenvalue weighted by atomic mass is 10.2. The van der Waals surface area contributed by atoms with E-state index >= 15 is 0 Å². The standard InChI is InChI=1S/C20H25N5O3S/c1-4-24(5-2)29(27,28)17-10-11-19-18(14-17)22-23-25(19)13-12-20(26)21-16-8-6-15(3)7-9-16/h6-11,14H,4-5,12-13H2,1-3H3,(H,21,26). The zero-order valence-electron chi connectivity index (χ0n) is 16.8. The minimum atomic E-state index is -3.55. The number of hydrogen-bond donors (Lipinski definition) is 1. The van der Waals surface area contributed by atoms with Crippen LogP contribution in [0.5, 0.6) is 0 Å². The fourth-order valence-electron chi connectivity index (χ4n) is 3.06. The summed E-state index contributed by atoms with van der Waals surface area (Å²) in [6, 6.07) is 12.4. The second-order valence-electron chi connectivity index (χ2n) is 6.72. The fourth-order valence-corrected chi connectivity index (χ4v) is 4.54. The molecule has 154 valence electrons. The van der Waals surface area contributed by atoms with Crippen molar-refractivity contribution in [1.29, 1.82) is 0 Å². The molecule has 0 bridgehead atoms. The quantitative estimate of drug-likeness (QED) is 0.610. The van der Waals surface area contributed by atoms with Gasteiger partial charge in [0, 0.05) is 25.2 Å². The maximum absolute atomic E-state index is 12.7. The minimum absolute atomic E-state index is 0.127. The number of aromatic nitrogens is 3. The highest BCUT2D eigenvalue weighted by atomic mass is 32.2. The predicted octanol–water partition coefficient (Wildman–Crippen LogP) is 2.80. The topological polar surface area (TPSA) is 97.2 Å². The average Bonchev–Trinajstić information content (AvgIpc) is 3.11. The van der Waals surface area contributed by atoms with E-state index in [1.165, 1.54) is 10.4 Å². The summed E-state index contributed by atoms with van der Waals surface area (Å²) in [7, 11) is -3.55. The summed E-state index contributed by atoms with van der Waals surface area (Å²) in [6.45, 7) is 6.74. The SMILES string of the molecule is CCN(CC)S(=O)(=O)c1ccc2c(c1)nnn2CCC(=O)Nc1ccc(C)cc1. The molecule has 0 saturated heterocycles. The molecule has 0 aliphatic heterocycles. The van der Waals surface area contributed by atoms with Crippen molar-refractivity contribution in [2.75, 3.05) is 18.4 Å². The lowest BCUT2D eigenvalue weighted by molar-refractivity contribution is -0.116. The van der Waals surface area contributed by atoms with E-state index in [-0.39, 0.29) is 17.2 Å². The van der Waals surface area contributed by atoms with E-state index in [0.717, 1.165) is 11.3 Å². The first-order chi connectivity index (χ1) is 13.8. The highest BCUT2D eigenvalue weighted by Crippen LogP contribution is 2.21. The fraction of sp³-hybridized carbons (Fsp3) is 0.350. The van der Waals surface area contributed by atoms with Crippen molar-refractivity contribution in [3.63, 3.8) is 0 Å². The Kier molecular flexibility index (Phi) is 6.29. The smallest absolute Gasteiger partial charge is 0.243 e. The molecule has 1 heterocycles. The number of hydrogen-bond acceptors (Lipinski definition) is 5. The van der Waals surface area contributed by atoms with Gasteiger partial charge in [0.05, 0.1) is 17.0 Å². The number of amides is 1. The monoisotopic (exact) mass is 415 g/mol. The maximum atomic E-state index is 12.7. The van der Waals surface area contributed by atoms with Crippen molar-refractivity contribution in [3.8, 4) is 0 Å². The zero-order valence-corrected chi connectivity index (χ0v) is 17.6. The third-order valence-electron chi connectivity index (χ3n) is 4.71. The minimum Gasteiger partial charge on any atom is -0.326 e. The number of aryl methyl sites for hydroxylation is 2. The Bertz CT molecular complexity index is 1100. The van der Waals surface area contributed by atoms with Gasteiger partial charge in [0.1, 0.15) is 5.52 Å². The van der Waals surface area contributed by atoms with Crippen LogP contribution in [0.3, 0.4) is 0 Å². The van der Waals surface area contributed by atoms with Gasteiger partial charge in [-0.3, -0.25) is 4.79 Å². The summed E-state index contributed by atoms with van der Waals surface area (Å²) in [6.07, 6.45) is 0.228. The second kappa shape index (κ2) is 8.71. The molecule has 9 heteroatoms. The molecule has 1 aromatic heterocycles. The predicted molar refractivity (Wildman–Crippen MR) is 112 cm³/mol. The molecule has 0 unspecified atom stereocenters. The van der Waals surface area contributed by atoms with E-state index in [4.69, 9.17) is 0 Å². The van der Waals surface area contributed by atoms with Gasteiger partial charge in [-0.2, -0.15) is 4.31 Å². The van der Waals surface area contributed by atoms with Gasteiger partial charge in [0.2, 0.25) is 15.9 Å². The summed E-state index contributed by atoms with van der Waals surface area (Å²) in [4.78, 5) is 12.4. The van der Waals surface area contributed by atoms with Crippen molar-refractivity contribution >= 4 is 32.7 Å². The Balaban J connectivity index is 1.71. The Labute approximate surface area is 170 Å². The molecule has 3 rings (SSSR count). The molecule has 0 radical (unpaired) electrons. The van der Waals surface area contributed by atoms with Gasteiger partial charge in [0.15, 0.2) is 0 Å². The van der Waals surface area contributed by atoms with Crippen LogP contribution in [0.2, 0.25) is 0 Å². The summed E-state index contributed by atoms with van der Waals surface area (Å²) >= 11 is 0. The molecule has 0 fully saturated rings. The molecule has 0 aliphatic carbocycles. The zero-order chi connectivity index (χ0) is 21.0. The number of carbonyl (C=O) groups is 1. The Hall–Kier alpha value is -2.78. The molecule has 1 N–H and O–H groups in total. The van der Waals surface area contributed by atoms with Crippen LogP contribution in [0.15, 0.2) is 47.4 Å². The number of fused-ring (bicyclic) bond motifs is 1. The van der Waals surface area contributed by atoms with Gasteiger partial charge in [-0.15, -0.1) is 5.10 Å². The molecule has 29 heavy (non-hydrogen) atoms. The third-order valence-corrected chi connectivity index (χ3v) is 6.76. The van der Waals surface area contributed by atoms with Crippen molar-refractivity contribution in [1.82, 2.24) is 19.3 Å². The van der Waals surface area contributed by atoms with Crippen LogP contribution in [-0.2, 0) is 21.4 Å². The molecule has 1 amide bonds. The van der Waals surface area contributed by atoms with Crippen LogP contribution < -0.4 is 5.32 Å². The largest absolute Gasteiger partial charge is 0.326 e. The van der Waals surface area contributed by atoms with E-state index in [0.29, 0.717) is 30.7 Å². The van der Waals surface area contributed by atoms with E-state index in [1.807, 2.05) is 31.2 Å². The highest BCUT2D eigenvalue weighted by Gasteiger charge is 2.22. The first kappa shape index (κ1) is 20.9. The molecular formula is C20H25N5O3S. The Morgan fingerprint density at radius 1 is 1.10 bits per heavy atom. The highest BCUT2D eigenvalue weighted by molar-refractivity contribution is 7.89. The summed E-state index contributed by atoms with van der Waals surface area (Å²) in [5, 5.41) is 11.0. The summed E-state index contributed by atoms with van der Waals surface area (Å²) < 4.78 is 28.4. The van der Waals surface area contributed by atoms with Gasteiger partial charge >= 0.3 is 0 Å². The van der Waals surface area contributed by atoms with Crippen LogP contribution in [0, 0.1) is 6.92 Å². The number of carbonyl (C=O) groups excluding carboxylic acids is 1. The summed E-state index contributed by atoms with van der Waals surface area (Å²) in [5.41, 5.74) is 3.04. The van der Waals surface area contributed by atoms with Crippen molar-refractivity contribution in [3.05, 3.63) is 48.0 Å². The molecule has 0 saturated carbocycles. The van der Waals surface area contributed by atoms with Gasteiger partial charge in [-0.05, 0) is 37.3 Å². The lowest BCUT2D eigenvalue weighted by Gasteiger charge is -2.18. The maximum Gasteiger partial charge on any atom is 0.243 e. The molecule has 2 aromatic carbocycles. The first-order valence-electron chi connectivity index (χ1n) is 9.55. The molecule has 8 nitrogen and oxygen atoms in total. The molecule has 0 atom stereocenters. The average molecular weight is 416 g/mol. The Morgan fingerprint density at radius 2 is 1.79 bits per heavy atom. The molecule has 0 aliphatic rings. The van der Waals surface area contributed by atoms with E-state index in [9.17, 15) is 13.2 Å². The third kappa shape index (κ3) is 4.63. The molecule has 0 spiro atoms. The van der Waals surface area contributed by atoms with Crippen molar-refractivity contribution < 1.29 is 13.2 Å². The lowest BCUT2D eigenvalue weighted by Crippen LogP contribution is -2.30. The van der Waals surface area contributed by atoms with Gasteiger partial charge in [-0.1, -0.05) is 36.8 Å². The summed E-state index contributed by atoms with van der Waals surface area (Å²) in [5.74, 6) is -0.127. The second-order valence-corrected chi connectivity index (χ2v) is 8.65. The Morgan fingerprint density at radius 3 is 2.45 bits per heavy atom. The van der Waals surface area contributed by atoms with Crippen LogP contribution in [0.4, 0.5) is 5.69 Å². The number of nitrogens with one attached hydrogen (secondary N) is 1. The van der Waals surface area contributed by atoms with Crippen LogP contribution in [-0.4, -0.2) is 46.7 Å². The van der Waals surface area contributed by atoms with Crippen LogP contribution in [0.1, 0.15) is 25.8 Å². The van der Waals surface area contributed by atoms with Gasteiger partial charge in [-0.25, -0.2) is 13.1 Å². The normalized spacial score (nSPS) is 11.9. The number of sulfonamides is 1. The van der Waals surface area contributed by atoms with Crippen LogP contribution >= 0.6 is 0 Å². The number of rotatable bonds is 8.